The summed E-state index contributed by atoms with van der Waals surface area (Å²) in [4.78, 5) is 21.2. The van der Waals surface area contributed by atoms with Crippen molar-refractivity contribution < 1.29 is 4.79 Å². The van der Waals surface area contributed by atoms with Crippen LogP contribution < -0.4 is 4.90 Å². The van der Waals surface area contributed by atoms with Crippen LogP contribution in [-0.4, -0.2) is 42.0 Å². The molecule has 4 rings (SSSR count). The van der Waals surface area contributed by atoms with E-state index in [0.717, 1.165) is 62.2 Å². The number of carbonyl (C=O) groups excluding carboxylic acids is 1. The predicted molar refractivity (Wildman–Crippen MR) is 97.9 cm³/mol. The van der Waals surface area contributed by atoms with Crippen LogP contribution in [0.1, 0.15) is 19.3 Å². The van der Waals surface area contributed by atoms with E-state index in [9.17, 15) is 4.79 Å². The van der Waals surface area contributed by atoms with Gasteiger partial charge in [0, 0.05) is 37.5 Å². The van der Waals surface area contributed by atoms with Crippen molar-refractivity contribution in [3.8, 4) is 0 Å². The monoisotopic (exact) mass is 363 g/mol. The lowest BCUT2D eigenvalue weighted by Gasteiger charge is -2.23. The highest BCUT2D eigenvalue weighted by molar-refractivity contribution is 6.39. The first kappa shape index (κ1) is 16.0. The average molecular weight is 364 g/mol. The molecule has 1 aromatic heterocycles. The molecule has 0 radical (unpaired) electrons. The van der Waals surface area contributed by atoms with Gasteiger partial charge in [-0.25, -0.2) is 4.98 Å². The number of halogens is 2. The van der Waals surface area contributed by atoms with Crippen molar-refractivity contribution in [1.82, 2.24) is 9.88 Å². The minimum absolute atomic E-state index is 0.288. The number of hydrogen-bond acceptors (Lipinski definition) is 3. The molecule has 0 bridgehead atoms. The highest BCUT2D eigenvalue weighted by Crippen LogP contribution is 2.32. The van der Waals surface area contributed by atoms with Crippen molar-refractivity contribution in [3.05, 3.63) is 34.3 Å². The number of nitrogens with zero attached hydrogens (tertiary/aromatic N) is 3. The molecule has 0 unspecified atom stereocenters. The number of anilines is 1. The van der Waals surface area contributed by atoms with Gasteiger partial charge >= 0.3 is 0 Å². The molecule has 6 heteroatoms. The van der Waals surface area contributed by atoms with Crippen molar-refractivity contribution in [3.63, 3.8) is 0 Å². The SMILES string of the molecule is O=C(C1CC1)N1CCCN(c2ccc3c(Cl)ccc(Cl)c3n2)CC1. The molecule has 1 aromatic carbocycles. The topological polar surface area (TPSA) is 36.4 Å². The Morgan fingerprint density at radius 1 is 1.00 bits per heavy atom. The maximum absolute atomic E-state index is 12.3. The van der Waals surface area contributed by atoms with Crippen LogP contribution in [0.2, 0.25) is 10.0 Å². The van der Waals surface area contributed by atoms with E-state index in [1.54, 1.807) is 12.1 Å². The molecule has 4 nitrogen and oxygen atoms in total. The first-order chi connectivity index (χ1) is 11.6. The summed E-state index contributed by atoms with van der Waals surface area (Å²) in [6.45, 7) is 3.30. The number of pyridine rings is 1. The first-order valence-electron chi connectivity index (χ1n) is 8.42. The second-order valence-electron chi connectivity index (χ2n) is 6.53. The zero-order valence-electron chi connectivity index (χ0n) is 13.3. The molecular formula is C18H19Cl2N3O. The Bertz CT molecular complexity index is 791. The molecule has 1 saturated carbocycles. The largest absolute Gasteiger partial charge is 0.355 e. The van der Waals surface area contributed by atoms with Gasteiger partial charge in [-0.3, -0.25) is 4.79 Å². The molecule has 2 aliphatic rings. The molecule has 0 spiro atoms. The summed E-state index contributed by atoms with van der Waals surface area (Å²) >= 11 is 12.5. The van der Waals surface area contributed by atoms with Gasteiger partial charge in [-0.15, -0.1) is 0 Å². The minimum atomic E-state index is 0.288. The van der Waals surface area contributed by atoms with E-state index >= 15 is 0 Å². The van der Waals surface area contributed by atoms with Crippen LogP contribution in [0.4, 0.5) is 5.82 Å². The fourth-order valence-corrected chi connectivity index (χ4v) is 3.69. The van der Waals surface area contributed by atoms with E-state index in [1.165, 1.54) is 0 Å². The number of hydrogen-bond donors (Lipinski definition) is 0. The van der Waals surface area contributed by atoms with Gasteiger partial charge < -0.3 is 9.80 Å². The lowest BCUT2D eigenvalue weighted by Crippen LogP contribution is -2.36. The lowest BCUT2D eigenvalue weighted by molar-refractivity contribution is -0.132. The molecule has 2 aromatic rings. The molecule has 1 aliphatic carbocycles. The van der Waals surface area contributed by atoms with Crippen LogP contribution in [0.5, 0.6) is 0 Å². The molecule has 0 N–H and O–H groups in total. The molecule has 24 heavy (non-hydrogen) atoms. The van der Waals surface area contributed by atoms with E-state index < -0.39 is 0 Å². The summed E-state index contributed by atoms with van der Waals surface area (Å²) in [5.41, 5.74) is 0.733. The van der Waals surface area contributed by atoms with Crippen LogP contribution in [-0.2, 0) is 4.79 Å². The van der Waals surface area contributed by atoms with Crippen molar-refractivity contribution in [2.45, 2.75) is 19.3 Å². The fourth-order valence-electron chi connectivity index (χ4n) is 3.27. The second kappa shape index (κ2) is 6.41. The van der Waals surface area contributed by atoms with E-state index in [-0.39, 0.29) is 5.92 Å². The zero-order valence-corrected chi connectivity index (χ0v) is 14.9. The molecule has 0 atom stereocenters. The number of carbonyl (C=O) groups is 1. The number of rotatable bonds is 2. The van der Waals surface area contributed by atoms with Crippen LogP contribution >= 0.6 is 23.2 Å². The smallest absolute Gasteiger partial charge is 0.225 e. The van der Waals surface area contributed by atoms with Crippen molar-refractivity contribution in [2.75, 3.05) is 31.1 Å². The number of fused-ring (bicyclic) bond motifs is 1. The van der Waals surface area contributed by atoms with Crippen molar-refractivity contribution in [2.24, 2.45) is 5.92 Å². The van der Waals surface area contributed by atoms with Gasteiger partial charge in [0.15, 0.2) is 0 Å². The standard InChI is InChI=1S/C18H19Cl2N3O/c19-14-5-6-15(20)17-13(14)4-7-16(21-17)22-8-1-9-23(11-10-22)18(24)12-2-3-12/h4-7,12H,1-3,8-11H2. The Morgan fingerprint density at radius 3 is 2.58 bits per heavy atom. The molecule has 1 saturated heterocycles. The molecule has 1 aliphatic heterocycles. The summed E-state index contributed by atoms with van der Waals surface area (Å²) in [5.74, 6) is 1.52. The van der Waals surface area contributed by atoms with Gasteiger partial charge in [0.1, 0.15) is 5.82 Å². The summed E-state index contributed by atoms with van der Waals surface area (Å²) in [5, 5.41) is 2.13. The first-order valence-corrected chi connectivity index (χ1v) is 9.17. The number of aromatic nitrogens is 1. The second-order valence-corrected chi connectivity index (χ2v) is 7.35. The highest BCUT2D eigenvalue weighted by Gasteiger charge is 2.34. The Balaban J connectivity index is 1.56. The highest BCUT2D eigenvalue weighted by atomic mass is 35.5. The average Bonchev–Trinajstić information content (AvgIpc) is 3.44. The summed E-state index contributed by atoms with van der Waals surface area (Å²) in [7, 11) is 0. The fraction of sp³-hybridized carbons (Fsp3) is 0.444. The quantitative estimate of drug-likeness (QED) is 0.809. The Kier molecular flexibility index (Phi) is 4.27. The van der Waals surface area contributed by atoms with Gasteiger partial charge in [-0.05, 0) is 43.5 Å². The van der Waals surface area contributed by atoms with Gasteiger partial charge in [0.25, 0.3) is 0 Å². The van der Waals surface area contributed by atoms with Gasteiger partial charge in [0.2, 0.25) is 5.91 Å². The molecule has 1 amide bonds. The molecule has 2 heterocycles. The van der Waals surface area contributed by atoms with Crippen LogP contribution in [0.15, 0.2) is 24.3 Å². The zero-order chi connectivity index (χ0) is 16.7. The van der Waals surface area contributed by atoms with Crippen LogP contribution in [0.25, 0.3) is 10.9 Å². The summed E-state index contributed by atoms with van der Waals surface area (Å²) < 4.78 is 0. The Hall–Kier alpha value is -1.52. The maximum atomic E-state index is 12.3. The van der Waals surface area contributed by atoms with Crippen LogP contribution in [0, 0.1) is 5.92 Å². The van der Waals surface area contributed by atoms with Gasteiger partial charge in [0.05, 0.1) is 15.6 Å². The van der Waals surface area contributed by atoms with Crippen molar-refractivity contribution in [1.29, 1.82) is 0 Å². The minimum Gasteiger partial charge on any atom is -0.355 e. The van der Waals surface area contributed by atoms with E-state index in [2.05, 4.69) is 4.90 Å². The predicted octanol–water partition coefficient (Wildman–Crippen LogP) is 3.99. The molecular weight excluding hydrogens is 345 g/mol. The molecule has 2 fully saturated rings. The maximum Gasteiger partial charge on any atom is 0.225 e. The van der Waals surface area contributed by atoms with E-state index in [1.807, 2.05) is 17.0 Å². The Labute approximate surface area is 151 Å². The van der Waals surface area contributed by atoms with E-state index in [0.29, 0.717) is 16.0 Å². The normalized spacial score (nSPS) is 18.8. The van der Waals surface area contributed by atoms with Crippen LogP contribution in [0.3, 0.4) is 0 Å². The van der Waals surface area contributed by atoms with Gasteiger partial charge in [-0.1, -0.05) is 23.2 Å². The summed E-state index contributed by atoms with van der Waals surface area (Å²) in [6, 6.07) is 7.54. The molecule has 126 valence electrons. The third-order valence-electron chi connectivity index (χ3n) is 4.80. The third-order valence-corrected chi connectivity index (χ3v) is 5.43. The lowest BCUT2D eigenvalue weighted by atomic mass is 10.2. The Morgan fingerprint density at radius 2 is 1.79 bits per heavy atom. The number of amides is 1. The van der Waals surface area contributed by atoms with E-state index in [4.69, 9.17) is 28.2 Å². The third kappa shape index (κ3) is 3.05. The number of benzene rings is 1. The van der Waals surface area contributed by atoms with Gasteiger partial charge in [-0.2, -0.15) is 0 Å². The van der Waals surface area contributed by atoms with Crippen molar-refractivity contribution >= 4 is 45.8 Å². The summed E-state index contributed by atoms with van der Waals surface area (Å²) in [6.07, 6.45) is 3.08.